The third-order valence-corrected chi connectivity index (χ3v) is 5.15. The molecule has 0 unspecified atom stereocenters. The average Bonchev–Trinajstić information content (AvgIpc) is 2.68. The molecule has 0 aromatic heterocycles. The van der Waals surface area contributed by atoms with Crippen molar-refractivity contribution in [2.75, 3.05) is 6.61 Å². The van der Waals surface area contributed by atoms with Gasteiger partial charge in [-0.1, -0.05) is 88.3 Å². The van der Waals surface area contributed by atoms with E-state index >= 15 is 0 Å². The lowest BCUT2D eigenvalue weighted by atomic mass is 10.1. The van der Waals surface area contributed by atoms with Gasteiger partial charge in [0.15, 0.2) is 0 Å². The van der Waals surface area contributed by atoms with Crippen LogP contribution in [0.1, 0.15) is 58.3 Å². The third kappa shape index (κ3) is 9.22. The van der Waals surface area contributed by atoms with Gasteiger partial charge in [-0.15, -0.1) is 0 Å². The molecule has 2 aromatic carbocycles. The van der Waals surface area contributed by atoms with Crippen molar-refractivity contribution in [3.8, 4) is 11.5 Å². The lowest BCUT2D eigenvalue weighted by Crippen LogP contribution is -2.01. The van der Waals surface area contributed by atoms with Crippen LogP contribution in [0.2, 0.25) is 0 Å². The van der Waals surface area contributed by atoms with Crippen LogP contribution in [-0.4, -0.2) is 6.61 Å². The van der Waals surface area contributed by atoms with Gasteiger partial charge in [0.25, 0.3) is 0 Å². The number of hydrogen-bond donors (Lipinski definition) is 0. The van der Waals surface area contributed by atoms with Gasteiger partial charge in [-0.05, 0) is 30.7 Å². The van der Waals surface area contributed by atoms with Crippen LogP contribution in [-0.2, 0) is 4.52 Å². The van der Waals surface area contributed by atoms with Gasteiger partial charge in [0.2, 0.25) is 0 Å². The second-order valence-corrected chi connectivity index (χ2v) is 7.41. The minimum absolute atomic E-state index is 0.667. The lowest BCUT2D eigenvalue weighted by molar-refractivity contribution is 0.258. The second-order valence-electron chi connectivity index (χ2n) is 6.34. The zero-order valence-electron chi connectivity index (χ0n) is 15.8. The Morgan fingerprint density at radius 1 is 0.615 bits per heavy atom. The van der Waals surface area contributed by atoms with Crippen molar-refractivity contribution >= 4 is 8.60 Å². The number of benzene rings is 2. The standard InChI is InChI=1S/C22H31O3P/c1-2-3-4-5-6-7-8-15-20-23-26(24-21-16-11-9-12-17-21)25-22-18-13-10-14-19-22/h9-14,16-19H,2-8,15,20H2,1H3. The Bertz CT molecular complexity index is 521. The summed E-state index contributed by atoms with van der Waals surface area (Å²) < 4.78 is 17.7. The first kappa shape index (κ1) is 20.7. The number of hydrogen-bond acceptors (Lipinski definition) is 3. The molecule has 0 aliphatic heterocycles. The van der Waals surface area contributed by atoms with E-state index in [1.807, 2.05) is 60.7 Å². The minimum Gasteiger partial charge on any atom is -0.418 e. The van der Waals surface area contributed by atoms with Crippen LogP contribution in [0, 0.1) is 0 Å². The van der Waals surface area contributed by atoms with Gasteiger partial charge in [-0.3, -0.25) is 4.52 Å². The smallest absolute Gasteiger partial charge is 0.418 e. The maximum absolute atomic E-state index is 5.92. The molecule has 3 nitrogen and oxygen atoms in total. The minimum atomic E-state index is -1.45. The predicted octanol–water partition coefficient (Wildman–Crippen LogP) is 7.53. The molecule has 0 N–H and O–H groups in total. The summed E-state index contributed by atoms with van der Waals surface area (Å²) in [6, 6.07) is 19.4. The molecule has 0 aliphatic carbocycles. The predicted molar refractivity (Wildman–Crippen MR) is 110 cm³/mol. The van der Waals surface area contributed by atoms with Gasteiger partial charge >= 0.3 is 8.60 Å². The van der Waals surface area contributed by atoms with Crippen molar-refractivity contribution in [3.05, 3.63) is 60.7 Å². The van der Waals surface area contributed by atoms with E-state index < -0.39 is 8.60 Å². The van der Waals surface area contributed by atoms with Gasteiger partial charge in [0.1, 0.15) is 11.5 Å². The summed E-state index contributed by atoms with van der Waals surface area (Å²) in [7, 11) is -1.45. The topological polar surface area (TPSA) is 27.7 Å². The molecule has 0 saturated heterocycles. The van der Waals surface area contributed by atoms with Gasteiger partial charge in [0, 0.05) is 0 Å². The van der Waals surface area contributed by atoms with E-state index in [-0.39, 0.29) is 0 Å². The first-order valence-corrected chi connectivity index (χ1v) is 10.9. The Labute approximate surface area is 159 Å². The van der Waals surface area contributed by atoms with E-state index in [1.165, 1.54) is 44.9 Å². The largest absolute Gasteiger partial charge is 0.463 e. The second kappa shape index (κ2) is 13.6. The Morgan fingerprint density at radius 3 is 1.58 bits per heavy atom. The molecular formula is C22H31O3P. The Balaban J connectivity index is 1.70. The summed E-state index contributed by atoms with van der Waals surface area (Å²) in [4.78, 5) is 0. The maximum atomic E-state index is 5.92. The molecule has 0 bridgehead atoms. The molecule has 0 heterocycles. The molecule has 0 atom stereocenters. The zero-order chi connectivity index (χ0) is 18.3. The Morgan fingerprint density at radius 2 is 1.08 bits per heavy atom. The van der Waals surface area contributed by atoms with Crippen LogP contribution in [0.15, 0.2) is 60.7 Å². The molecule has 0 aliphatic rings. The monoisotopic (exact) mass is 374 g/mol. The SMILES string of the molecule is CCCCCCCCCCOP(Oc1ccccc1)Oc1ccccc1. The molecule has 2 aromatic rings. The van der Waals surface area contributed by atoms with Crippen LogP contribution in [0.25, 0.3) is 0 Å². The van der Waals surface area contributed by atoms with Crippen molar-refractivity contribution in [1.82, 2.24) is 0 Å². The van der Waals surface area contributed by atoms with E-state index in [2.05, 4.69) is 6.92 Å². The highest BCUT2D eigenvalue weighted by molar-refractivity contribution is 7.42. The molecular weight excluding hydrogens is 343 g/mol. The fourth-order valence-corrected chi connectivity index (χ4v) is 3.59. The summed E-state index contributed by atoms with van der Waals surface area (Å²) in [5.74, 6) is 1.54. The summed E-state index contributed by atoms with van der Waals surface area (Å²) in [6.45, 7) is 2.92. The van der Waals surface area contributed by atoms with Crippen molar-refractivity contribution < 1.29 is 13.6 Å². The summed E-state index contributed by atoms with van der Waals surface area (Å²) in [5, 5.41) is 0. The fourth-order valence-electron chi connectivity index (χ4n) is 2.58. The zero-order valence-corrected chi connectivity index (χ0v) is 16.7. The quantitative estimate of drug-likeness (QED) is 0.253. The van der Waals surface area contributed by atoms with E-state index in [0.717, 1.165) is 17.9 Å². The van der Waals surface area contributed by atoms with Gasteiger partial charge in [-0.25, -0.2) is 0 Å². The molecule has 2 rings (SSSR count). The first-order valence-electron chi connectivity index (χ1n) is 9.77. The summed E-state index contributed by atoms with van der Waals surface area (Å²) >= 11 is 0. The Hall–Kier alpha value is -1.57. The molecule has 4 heteroatoms. The van der Waals surface area contributed by atoms with Crippen LogP contribution >= 0.6 is 8.60 Å². The Kier molecular flexibility index (Phi) is 10.9. The van der Waals surface area contributed by atoms with Crippen LogP contribution in [0.3, 0.4) is 0 Å². The highest BCUT2D eigenvalue weighted by Crippen LogP contribution is 2.41. The maximum Gasteiger partial charge on any atom is 0.463 e. The van der Waals surface area contributed by atoms with E-state index in [4.69, 9.17) is 13.6 Å². The van der Waals surface area contributed by atoms with Gasteiger partial charge in [0.05, 0.1) is 6.61 Å². The number of unbranched alkanes of at least 4 members (excludes halogenated alkanes) is 7. The summed E-state index contributed by atoms with van der Waals surface area (Å²) in [5.41, 5.74) is 0. The molecule has 0 spiro atoms. The highest BCUT2D eigenvalue weighted by atomic mass is 31.2. The molecule has 0 radical (unpaired) electrons. The van der Waals surface area contributed by atoms with Gasteiger partial charge < -0.3 is 9.05 Å². The van der Waals surface area contributed by atoms with E-state index in [0.29, 0.717) is 6.61 Å². The lowest BCUT2D eigenvalue weighted by Gasteiger charge is -2.17. The first-order chi connectivity index (χ1) is 12.9. The molecule has 0 saturated carbocycles. The van der Waals surface area contributed by atoms with Gasteiger partial charge in [-0.2, -0.15) is 0 Å². The van der Waals surface area contributed by atoms with Crippen molar-refractivity contribution in [3.63, 3.8) is 0 Å². The van der Waals surface area contributed by atoms with E-state index in [9.17, 15) is 0 Å². The fraction of sp³-hybridized carbons (Fsp3) is 0.455. The molecule has 142 valence electrons. The van der Waals surface area contributed by atoms with Crippen molar-refractivity contribution in [1.29, 1.82) is 0 Å². The van der Waals surface area contributed by atoms with Crippen LogP contribution in [0.4, 0.5) is 0 Å². The molecule has 26 heavy (non-hydrogen) atoms. The van der Waals surface area contributed by atoms with Crippen molar-refractivity contribution in [2.24, 2.45) is 0 Å². The average molecular weight is 374 g/mol. The highest BCUT2D eigenvalue weighted by Gasteiger charge is 2.16. The molecule has 0 fully saturated rings. The number of para-hydroxylation sites is 2. The van der Waals surface area contributed by atoms with Crippen LogP contribution < -0.4 is 9.05 Å². The van der Waals surface area contributed by atoms with Crippen LogP contribution in [0.5, 0.6) is 11.5 Å². The normalized spacial score (nSPS) is 10.8. The third-order valence-electron chi connectivity index (χ3n) is 4.04. The molecule has 0 amide bonds. The van der Waals surface area contributed by atoms with E-state index in [1.54, 1.807) is 0 Å². The number of rotatable bonds is 14. The summed E-state index contributed by atoms with van der Waals surface area (Å²) in [6.07, 6.45) is 10.2. The van der Waals surface area contributed by atoms with Crippen molar-refractivity contribution in [2.45, 2.75) is 58.3 Å².